The average Bonchev–Trinajstić information content (AvgIpc) is 2.60. The van der Waals surface area contributed by atoms with Crippen LogP contribution in [0, 0.1) is 5.92 Å². The maximum Gasteiger partial charge on any atom is 0.410 e. The van der Waals surface area contributed by atoms with E-state index in [0.717, 1.165) is 18.4 Å². The Kier molecular flexibility index (Phi) is 6.40. The second-order valence-corrected chi connectivity index (χ2v) is 5.97. The molecule has 1 heterocycles. The number of likely N-dealkylation sites (N-methyl/N-ethyl adjacent to an activating group) is 1. The van der Waals surface area contributed by atoms with Crippen LogP contribution in [0.5, 0.6) is 0 Å². The fraction of sp³-hybridized carbons (Fsp3) is 0.529. The number of carbonyl (C=O) groups excluding carboxylic acids is 2. The molecule has 23 heavy (non-hydrogen) atoms. The second kappa shape index (κ2) is 8.53. The molecule has 0 aromatic heterocycles. The van der Waals surface area contributed by atoms with Crippen molar-refractivity contribution in [2.24, 2.45) is 11.7 Å². The van der Waals surface area contributed by atoms with Crippen molar-refractivity contribution in [3.8, 4) is 0 Å². The molecule has 2 rings (SSSR count). The van der Waals surface area contributed by atoms with Crippen molar-refractivity contribution in [2.75, 3.05) is 33.2 Å². The van der Waals surface area contributed by atoms with Gasteiger partial charge in [0.2, 0.25) is 5.91 Å². The fourth-order valence-corrected chi connectivity index (χ4v) is 2.84. The number of nitrogens with two attached hydrogens (primary N) is 1. The van der Waals surface area contributed by atoms with Gasteiger partial charge in [-0.25, -0.2) is 4.79 Å². The van der Waals surface area contributed by atoms with Crippen molar-refractivity contribution < 1.29 is 14.3 Å². The Balaban J connectivity index is 1.80. The van der Waals surface area contributed by atoms with E-state index in [1.165, 1.54) is 0 Å². The molecule has 126 valence electrons. The van der Waals surface area contributed by atoms with Crippen LogP contribution in [0.2, 0.25) is 0 Å². The van der Waals surface area contributed by atoms with Crippen LogP contribution in [0.25, 0.3) is 0 Å². The molecule has 1 saturated heterocycles. The molecule has 1 aliphatic rings. The zero-order valence-corrected chi connectivity index (χ0v) is 13.6. The first-order chi connectivity index (χ1) is 11.1. The summed E-state index contributed by atoms with van der Waals surface area (Å²) in [6, 6.07) is 9.63. The summed E-state index contributed by atoms with van der Waals surface area (Å²) in [7, 11) is 1.75. The molecule has 0 spiro atoms. The van der Waals surface area contributed by atoms with Crippen molar-refractivity contribution in [2.45, 2.75) is 19.4 Å². The van der Waals surface area contributed by atoms with Crippen LogP contribution >= 0.6 is 0 Å². The van der Waals surface area contributed by atoms with Gasteiger partial charge in [0.05, 0.1) is 6.54 Å². The van der Waals surface area contributed by atoms with E-state index in [4.69, 9.17) is 10.5 Å². The molecular weight excluding hydrogens is 294 g/mol. The van der Waals surface area contributed by atoms with Crippen molar-refractivity contribution >= 4 is 12.0 Å². The van der Waals surface area contributed by atoms with Gasteiger partial charge >= 0.3 is 6.09 Å². The highest BCUT2D eigenvalue weighted by Crippen LogP contribution is 2.18. The molecule has 1 fully saturated rings. The highest BCUT2D eigenvalue weighted by Gasteiger charge is 2.26. The lowest BCUT2D eigenvalue weighted by atomic mass is 9.98. The Morgan fingerprint density at radius 1 is 1.35 bits per heavy atom. The molecule has 0 radical (unpaired) electrons. The summed E-state index contributed by atoms with van der Waals surface area (Å²) < 4.78 is 5.38. The van der Waals surface area contributed by atoms with Gasteiger partial charge in [-0.1, -0.05) is 30.3 Å². The van der Waals surface area contributed by atoms with E-state index in [-0.39, 0.29) is 31.1 Å². The molecule has 6 heteroatoms. The van der Waals surface area contributed by atoms with Crippen molar-refractivity contribution in [3.05, 3.63) is 35.9 Å². The van der Waals surface area contributed by atoms with Gasteiger partial charge < -0.3 is 20.3 Å². The van der Waals surface area contributed by atoms with Crippen LogP contribution in [0.4, 0.5) is 4.79 Å². The predicted molar refractivity (Wildman–Crippen MR) is 87.6 cm³/mol. The number of nitrogens with zero attached hydrogens (tertiary/aromatic N) is 2. The number of hydrogen-bond donors (Lipinski definition) is 1. The average molecular weight is 319 g/mol. The molecule has 0 bridgehead atoms. The smallest absolute Gasteiger partial charge is 0.410 e. The topological polar surface area (TPSA) is 75.9 Å². The highest BCUT2D eigenvalue weighted by molar-refractivity contribution is 5.77. The quantitative estimate of drug-likeness (QED) is 0.891. The van der Waals surface area contributed by atoms with Gasteiger partial charge in [-0.3, -0.25) is 4.79 Å². The van der Waals surface area contributed by atoms with E-state index in [0.29, 0.717) is 19.6 Å². The summed E-state index contributed by atoms with van der Waals surface area (Å²) in [5.74, 6) is 0.197. The number of likely N-dealkylation sites (tertiary alicyclic amines) is 1. The predicted octanol–water partition coefficient (Wildman–Crippen LogP) is 1.45. The second-order valence-electron chi connectivity index (χ2n) is 5.97. The van der Waals surface area contributed by atoms with Crippen molar-refractivity contribution in [1.29, 1.82) is 0 Å². The molecule has 1 aromatic rings. The lowest BCUT2D eigenvalue weighted by Crippen LogP contribution is -2.45. The number of ether oxygens (including phenoxy) is 1. The number of piperidine rings is 1. The summed E-state index contributed by atoms with van der Waals surface area (Å²) in [6.45, 7) is 2.26. The maximum atomic E-state index is 12.2. The van der Waals surface area contributed by atoms with E-state index < -0.39 is 0 Å². The molecule has 2 amide bonds. The standard InChI is InChI=1S/C17H25N3O3/c1-19(16(21)10-18)11-15-8-5-9-20(12-15)17(22)23-13-14-6-3-2-4-7-14/h2-4,6-7,15H,5,8-13,18H2,1H3/t15-/m1/s1. The molecule has 1 aromatic carbocycles. The van der Waals surface area contributed by atoms with E-state index in [1.54, 1.807) is 16.8 Å². The van der Waals surface area contributed by atoms with Gasteiger partial charge in [0.1, 0.15) is 6.61 Å². The number of hydrogen-bond acceptors (Lipinski definition) is 4. The number of benzene rings is 1. The number of rotatable bonds is 5. The first-order valence-corrected chi connectivity index (χ1v) is 7.99. The Morgan fingerprint density at radius 2 is 2.09 bits per heavy atom. The summed E-state index contributed by atoms with van der Waals surface area (Å²) >= 11 is 0. The third kappa shape index (κ3) is 5.25. The molecule has 0 aliphatic carbocycles. The minimum absolute atomic E-state index is 0.0199. The maximum absolute atomic E-state index is 12.2. The SMILES string of the molecule is CN(C[C@H]1CCCN(C(=O)OCc2ccccc2)C1)C(=O)CN. The Labute approximate surface area is 137 Å². The lowest BCUT2D eigenvalue weighted by molar-refractivity contribution is -0.129. The first-order valence-electron chi connectivity index (χ1n) is 7.99. The Hall–Kier alpha value is -2.08. The lowest BCUT2D eigenvalue weighted by Gasteiger charge is -2.34. The Bertz CT molecular complexity index is 521. The van der Waals surface area contributed by atoms with E-state index >= 15 is 0 Å². The molecule has 0 saturated carbocycles. The summed E-state index contributed by atoms with van der Waals surface area (Å²) in [5, 5.41) is 0. The Morgan fingerprint density at radius 3 is 2.78 bits per heavy atom. The minimum Gasteiger partial charge on any atom is -0.445 e. The van der Waals surface area contributed by atoms with Crippen molar-refractivity contribution in [3.63, 3.8) is 0 Å². The molecule has 2 N–H and O–H groups in total. The highest BCUT2D eigenvalue weighted by atomic mass is 16.6. The molecule has 1 aliphatic heterocycles. The third-order valence-corrected chi connectivity index (χ3v) is 4.11. The van der Waals surface area contributed by atoms with Crippen LogP contribution in [0.1, 0.15) is 18.4 Å². The van der Waals surface area contributed by atoms with E-state index in [9.17, 15) is 9.59 Å². The summed E-state index contributed by atoms with van der Waals surface area (Å²) in [5.41, 5.74) is 6.35. The summed E-state index contributed by atoms with van der Waals surface area (Å²) in [4.78, 5) is 27.1. The zero-order valence-electron chi connectivity index (χ0n) is 13.6. The van der Waals surface area contributed by atoms with E-state index in [1.807, 2.05) is 30.3 Å². The third-order valence-electron chi connectivity index (χ3n) is 4.11. The molecule has 1 atom stereocenters. The first kappa shape index (κ1) is 17.3. The molecular formula is C17H25N3O3. The number of carbonyl (C=O) groups is 2. The zero-order chi connectivity index (χ0) is 16.7. The van der Waals surface area contributed by atoms with Gasteiger partial charge in [0, 0.05) is 26.7 Å². The van der Waals surface area contributed by atoms with Crippen LogP contribution in [-0.4, -0.2) is 55.0 Å². The largest absolute Gasteiger partial charge is 0.445 e. The molecule has 0 unspecified atom stereocenters. The van der Waals surface area contributed by atoms with Crippen LogP contribution in [0.3, 0.4) is 0 Å². The van der Waals surface area contributed by atoms with E-state index in [2.05, 4.69) is 0 Å². The van der Waals surface area contributed by atoms with Crippen LogP contribution in [0.15, 0.2) is 30.3 Å². The van der Waals surface area contributed by atoms with Gasteiger partial charge in [-0.2, -0.15) is 0 Å². The van der Waals surface area contributed by atoms with Crippen molar-refractivity contribution in [1.82, 2.24) is 9.80 Å². The monoisotopic (exact) mass is 319 g/mol. The minimum atomic E-state index is -0.286. The van der Waals surface area contributed by atoms with Gasteiger partial charge in [0.25, 0.3) is 0 Å². The van der Waals surface area contributed by atoms with Gasteiger partial charge in [0.15, 0.2) is 0 Å². The van der Waals surface area contributed by atoms with Crippen LogP contribution < -0.4 is 5.73 Å². The van der Waals surface area contributed by atoms with Gasteiger partial charge in [-0.15, -0.1) is 0 Å². The normalized spacial score (nSPS) is 17.7. The van der Waals surface area contributed by atoms with Gasteiger partial charge in [-0.05, 0) is 24.3 Å². The van der Waals surface area contributed by atoms with Crippen LogP contribution in [-0.2, 0) is 16.1 Å². The molecule has 6 nitrogen and oxygen atoms in total. The number of amides is 2. The summed E-state index contributed by atoms with van der Waals surface area (Å²) in [6.07, 6.45) is 1.65. The fourth-order valence-electron chi connectivity index (χ4n) is 2.84.